The maximum Gasteiger partial charge on any atom is 0.0900 e. The average Bonchev–Trinajstić information content (AvgIpc) is 2.12. The van der Waals surface area contributed by atoms with Crippen LogP contribution in [0.25, 0.3) is 0 Å². The Hall–Kier alpha value is -0.120. The molecule has 0 radical (unpaired) electrons. The van der Waals surface area contributed by atoms with Gasteiger partial charge >= 0.3 is 0 Å². The second kappa shape index (κ2) is 5.69. The topological polar surface area (TPSA) is 32.7 Å². The van der Waals surface area contributed by atoms with Crippen molar-refractivity contribution in [2.24, 2.45) is 11.8 Å². The first kappa shape index (κ1) is 12.0. The number of nitrogens with zero attached hydrogens (tertiary/aromatic N) is 1. The second-order valence-electron chi connectivity index (χ2n) is 4.61. The van der Waals surface area contributed by atoms with Crippen LogP contribution in [0.5, 0.6) is 0 Å². The van der Waals surface area contributed by atoms with Crippen molar-refractivity contribution in [3.8, 4) is 0 Å². The van der Waals surface area contributed by atoms with Gasteiger partial charge in [0.15, 0.2) is 0 Å². The molecule has 14 heavy (non-hydrogen) atoms. The highest BCUT2D eigenvalue weighted by Gasteiger charge is 2.23. The van der Waals surface area contributed by atoms with E-state index in [0.29, 0.717) is 6.61 Å². The third-order valence-corrected chi connectivity index (χ3v) is 3.25. The van der Waals surface area contributed by atoms with Gasteiger partial charge in [-0.25, -0.2) is 0 Å². The second-order valence-corrected chi connectivity index (χ2v) is 4.61. The van der Waals surface area contributed by atoms with E-state index in [9.17, 15) is 5.11 Å². The van der Waals surface area contributed by atoms with Gasteiger partial charge in [0.2, 0.25) is 0 Å². The van der Waals surface area contributed by atoms with Gasteiger partial charge in [0, 0.05) is 20.2 Å². The number of β-amino-alcohol motifs (C(OH)–C–C–N with tert-alkyl or cyclic N) is 1. The van der Waals surface area contributed by atoms with Gasteiger partial charge < -0.3 is 14.7 Å². The molecule has 0 amide bonds. The average molecular weight is 201 g/mol. The highest BCUT2D eigenvalue weighted by molar-refractivity contribution is 4.76. The minimum atomic E-state index is -0.333. The summed E-state index contributed by atoms with van der Waals surface area (Å²) in [5.74, 6) is 1.57. The molecule has 1 saturated heterocycles. The number of methoxy groups -OCH3 is 1. The maximum atomic E-state index is 9.59. The van der Waals surface area contributed by atoms with Gasteiger partial charge in [0.1, 0.15) is 0 Å². The van der Waals surface area contributed by atoms with Crippen LogP contribution in [0.1, 0.15) is 20.3 Å². The lowest BCUT2D eigenvalue weighted by atomic mass is 9.88. The van der Waals surface area contributed by atoms with Gasteiger partial charge in [-0.3, -0.25) is 0 Å². The monoisotopic (exact) mass is 201 g/mol. The summed E-state index contributed by atoms with van der Waals surface area (Å²) in [4.78, 5) is 2.34. The third-order valence-electron chi connectivity index (χ3n) is 3.25. The van der Waals surface area contributed by atoms with E-state index < -0.39 is 0 Å². The normalized spacial score (nSPS) is 31.7. The minimum Gasteiger partial charge on any atom is -0.389 e. The molecule has 0 aromatic carbocycles. The molecule has 3 atom stereocenters. The molecule has 84 valence electrons. The lowest BCUT2D eigenvalue weighted by molar-refractivity contribution is 0.0218. The van der Waals surface area contributed by atoms with E-state index in [-0.39, 0.29) is 6.10 Å². The quantitative estimate of drug-likeness (QED) is 0.735. The van der Waals surface area contributed by atoms with E-state index in [0.717, 1.165) is 31.5 Å². The smallest absolute Gasteiger partial charge is 0.0900 e. The van der Waals surface area contributed by atoms with Crippen LogP contribution >= 0.6 is 0 Å². The van der Waals surface area contributed by atoms with Crippen molar-refractivity contribution in [3.63, 3.8) is 0 Å². The molecule has 1 fully saturated rings. The van der Waals surface area contributed by atoms with Gasteiger partial charge in [0.05, 0.1) is 12.7 Å². The van der Waals surface area contributed by atoms with Gasteiger partial charge in [-0.15, -0.1) is 0 Å². The highest BCUT2D eigenvalue weighted by Crippen LogP contribution is 2.22. The Labute approximate surface area is 87.1 Å². The number of rotatable bonds is 4. The Morgan fingerprint density at radius 1 is 1.43 bits per heavy atom. The summed E-state index contributed by atoms with van der Waals surface area (Å²) in [7, 11) is 1.63. The Morgan fingerprint density at radius 2 is 2.14 bits per heavy atom. The van der Waals surface area contributed by atoms with E-state index in [2.05, 4.69) is 18.7 Å². The summed E-state index contributed by atoms with van der Waals surface area (Å²) in [5, 5.41) is 9.59. The van der Waals surface area contributed by atoms with Gasteiger partial charge in [-0.2, -0.15) is 0 Å². The van der Waals surface area contributed by atoms with Crippen molar-refractivity contribution in [1.82, 2.24) is 4.90 Å². The van der Waals surface area contributed by atoms with Crippen molar-refractivity contribution in [2.45, 2.75) is 26.4 Å². The summed E-state index contributed by atoms with van der Waals surface area (Å²) in [5.41, 5.74) is 0. The van der Waals surface area contributed by atoms with Crippen molar-refractivity contribution in [1.29, 1.82) is 0 Å². The Kier molecular flexibility index (Phi) is 4.85. The molecule has 3 heteroatoms. The van der Waals surface area contributed by atoms with Crippen molar-refractivity contribution in [2.75, 3.05) is 33.4 Å². The summed E-state index contributed by atoms with van der Waals surface area (Å²) in [6, 6.07) is 0. The molecule has 1 rings (SSSR count). The SMILES string of the molecule is COCC(O)CN1CCC(C)C(C)C1. The Bertz CT molecular complexity index is 163. The fourth-order valence-corrected chi connectivity index (χ4v) is 2.06. The number of piperidine rings is 1. The fraction of sp³-hybridized carbons (Fsp3) is 1.00. The Balaban J connectivity index is 2.25. The van der Waals surface area contributed by atoms with Gasteiger partial charge in [-0.05, 0) is 24.8 Å². The molecule has 0 aromatic heterocycles. The zero-order valence-corrected chi connectivity index (χ0v) is 9.57. The van der Waals surface area contributed by atoms with Crippen LogP contribution in [0.3, 0.4) is 0 Å². The van der Waals surface area contributed by atoms with Crippen LogP contribution in [-0.4, -0.2) is 49.5 Å². The van der Waals surface area contributed by atoms with Crippen LogP contribution in [0.15, 0.2) is 0 Å². The molecule has 0 aliphatic carbocycles. The Morgan fingerprint density at radius 3 is 2.71 bits per heavy atom. The molecule has 1 heterocycles. The predicted octanol–water partition coefficient (Wildman–Crippen LogP) is 0.972. The molecule has 0 aromatic rings. The zero-order chi connectivity index (χ0) is 10.6. The first-order chi connectivity index (χ1) is 6.63. The van der Waals surface area contributed by atoms with Crippen LogP contribution < -0.4 is 0 Å². The molecule has 3 unspecified atom stereocenters. The van der Waals surface area contributed by atoms with Gasteiger partial charge in [-0.1, -0.05) is 13.8 Å². The zero-order valence-electron chi connectivity index (χ0n) is 9.57. The molecular formula is C11H23NO2. The largest absolute Gasteiger partial charge is 0.389 e. The first-order valence-electron chi connectivity index (χ1n) is 5.52. The molecular weight excluding hydrogens is 178 g/mol. The summed E-state index contributed by atoms with van der Waals surface area (Å²) < 4.78 is 4.92. The van der Waals surface area contributed by atoms with Gasteiger partial charge in [0.25, 0.3) is 0 Å². The standard InChI is InChI=1S/C11H23NO2/c1-9-4-5-12(6-10(9)2)7-11(13)8-14-3/h9-11,13H,4-8H2,1-3H3. The molecule has 1 aliphatic heterocycles. The van der Waals surface area contributed by atoms with E-state index in [1.807, 2.05) is 0 Å². The van der Waals surface area contributed by atoms with E-state index in [1.165, 1.54) is 6.42 Å². The number of likely N-dealkylation sites (tertiary alicyclic amines) is 1. The first-order valence-corrected chi connectivity index (χ1v) is 5.52. The van der Waals surface area contributed by atoms with E-state index >= 15 is 0 Å². The van der Waals surface area contributed by atoms with Crippen LogP contribution in [-0.2, 0) is 4.74 Å². The number of aliphatic hydroxyl groups excluding tert-OH is 1. The molecule has 1 N–H and O–H groups in total. The van der Waals surface area contributed by atoms with Crippen LogP contribution in [0.2, 0.25) is 0 Å². The minimum absolute atomic E-state index is 0.333. The van der Waals surface area contributed by atoms with E-state index in [4.69, 9.17) is 4.74 Å². The third kappa shape index (κ3) is 3.56. The maximum absolute atomic E-state index is 9.59. The molecule has 3 nitrogen and oxygen atoms in total. The number of hydrogen-bond donors (Lipinski definition) is 1. The van der Waals surface area contributed by atoms with Crippen molar-refractivity contribution in [3.05, 3.63) is 0 Å². The molecule has 0 spiro atoms. The summed E-state index contributed by atoms with van der Waals surface area (Å²) >= 11 is 0. The number of ether oxygens (including phenoxy) is 1. The predicted molar refractivity (Wildman–Crippen MR) is 57.3 cm³/mol. The van der Waals surface area contributed by atoms with Crippen LogP contribution in [0, 0.1) is 11.8 Å². The molecule has 0 bridgehead atoms. The van der Waals surface area contributed by atoms with Crippen molar-refractivity contribution >= 4 is 0 Å². The highest BCUT2D eigenvalue weighted by atomic mass is 16.5. The van der Waals surface area contributed by atoms with Crippen molar-refractivity contribution < 1.29 is 9.84 Å². The summed E-state index contributed by atoms with van der Waals surface area (Å²) in [6.07, 6.45) is 0.918. The molecule has 1 aliphatic rings. The lowest BCUT2D eigenvalue weighted by Gasteiger charge is -2.36. The van der Waals surface area contributed by atoms with Crippen LogP contribution in [0.4, 0.5) is 0 Å². The number of aliphatic hydroxyl groups is 1. The fourth-order valence-electron chi connectivity index (χ4n) is 2.06. The lowest BCUT2D eigenvalue weighted by Crippen LogP contribution is -2.43. The number of hydrogen-bond acceptors (Lipinski definition) is 3. The summed E-state index contributed by atoms with van der Waals surface area (Å²) in [6.45, 7) is 8.03. The molecule has 0 saturated carbocycles. The van der Waals surface area contributed by atoms with E-state index in [1.54, 1.807) is 7.11 Å².